The lowest BCUT2D eigenvalue weighted by atomic mass is 10.2. The molecule has 1 unspecified atom stereocenters. The average molecular weight is 358 g/mol. The highest BCUT2D eigenvalue weighted by Crippen LogP contribution is 2.32. The number of hydrogen-bond acceptors (Lipinski definition) is 4. The molecule has 1 rings (SSSR count). The van der Waals surface area contributed by atoms with Gasteiger partial charge in [0, 0.05) is 17.6 Å². The van der Waals surface area contributed by atoms with Gasteiger partial charge in [0.15, 0.2) is 5.75 Å². The summed E-state index contributed by atoms with van der Waals surface area (Å²) in [7, 11) is 0. The van der Waals surface area contributed by atoms with Crippen LogP contribution in [0.15, 0.2) is 22.7 Å². The van der Waals surface area contributed by atoms with Crippen molar-refractivity contribution in [2.45, 2.75) is 19.4 Å². The van der Waals surface area contributed by atoms with Crippen molar-refractivity contribution in [2.75, 3.05) is 25.1 Å². The molecule has 0 aromatic heterocycles. The molecule has 1 atom stereocenters. The molecule has 0 saturated heterocycles. The summed E-state index contributed by atoms with van der Waals surface area (Å²) in [5.41, 5.74) is 0.140. The van der Waals surface area contributed by atoms with Crippen LogP contribution in [0.1, 0.15) is 6.92 Å². The van der Waals surface area contributed by atoms with Crippen LogP contribution in [0.3, 0.4) is 0 Å². The summed E-state index contributed by atoms with van der Waals surface area (Å²) in [6, 6.07) is 4.20. The zero-order chi connectivity index (χ0) is 15.2. The molecule has 20 heavy (non-hydrogen) atoms. The Morgan fingerprint density at radius 3 is 2.70 bits per heavy atom. The first-order chi connectivity index (χ1) is 9.31. The minimum absolute atomic E-state index is 0.0514. The summed E-state index contributed by atoms with van der Waals surface area (Å²) in [6.45, 7) is 2.40. The monoisotopic (exact) mass is 357 g/mol. The second kappa shape index (κ2) is 7.70. The van der Waals surface area contributed by atoms with Crippen LogP contribution in [0.4, 0.5) is 18.9 Å². The topological polar surface area (TPSA) is 50.7 Å². The van der Waals surface area contributed by atoms with Gasteiger partial charge in [-0.05, 0) is 25.1 Å². The Morgan fingerprint density at radius 1 is 1.40 bits per heavy atom. The molecule has 0 spiro atoms. The van der Waals surface area contributed by atoms with E-state index in [9.17, 15) is 18.3 Å². The van der Waals surface area contributed by atoms with Crippen molar-refractivity contribution < 1.29 is 27.8 Å². The Balaban J connectivity index is 2.69. The number of aliphatic hydroxyl groups excluding tert-OH is 1. The van der Waals surface area contributed by atoms with Gasteiger partial charge in [-0.15, -0.1) is 13.2 Å². The number of benzene rings is 1. The molecule has 1 aromatic carbocycles. The smallest absolute Gasteiger partial charge is 0.404 e. The van der Waals surface area contributed by atoms with E-state index in [-0.39, 0.29) is 24.6 Å². The van der Waals surface area contributed by atoms with E-state index in [1.165, 1.54) is 12.1 Å². The summed E-state index contributed by atoms with van der Waals surface area (Å²) < 4.78 is 46.2. The first-order valence-electron chi connectivity index (χ1n) is 5.86. The van der Waals surface area contributed by atoms with E-state index in [0.717, 1.165) is 0 Å². The first-order valence-corrected chi connectivity index (χ1v) is 6.66. The van der Waals surface area contributed by atoms with E-state index in [2.05, 4.69) is 26.0 Å². The standard InChI is InChI=1S/C12H15BrF3NO3/c1-2-19-7-9(18)6-17-10-4-3-8(13)5-11(10)20-12(14,15)16/h3-5,9,17-18H,2,6-7H2,1H3. The molecule has 0 radical (unpaired) electrons. The second-order valence-electron chi connectivity index (χ2n) is 3.88. The highest BCUT2D eigenvalue weighted by atomic mass is 79.9. The fourth-order valence-electron chi connectivity index (χ4n) is 1.39. The molecule has 0 aliphatic heterocycles. The summed E-state index contributed by atoms with van der Waals surface area (Å²) in [4.78, 5) is 0. The summed E-state index contributed by atoms with van der Waals surface area (Å²) in [5, 5.41) is 12.3. The van der Waals surface area contributed by atoms with Crippen molar-refractivity contribution in [3.8, 4) is 5.75 Å². The van der Waals surface area contributed by atoms with Crippen molar-refractivity contribution in [3.05, 3.63) is 22.7 Å². The molecule has 4 nitrogen and oxygen atoms in total. The van der Waals surface area contributed by atoms with E-state index in [1.807, 2.05) is 0 Å². The number of nitrogens with one attached hydrogen (secondary N) is 1. The summed E-state index contributed by atoms with van der Waals surface area (Å²) in [5.74, 6) is -0.365. The molecule has 0 saturated carbocycles. The lowest BCUT2D eigenvalue weighted by Gasteiger charge is -2.17. The van der Waals surface area contributed by atoms with E-state index in [0.29, 0.717) is 11.1 Å². The number of halogens is 4. The Labute approximate surface area is 123 Å². The normalized spacial score (nSPS) is 13.1. The predicted molar refractivity (Wildman–Crippen MR) is 71.8 cm³/mol. The van der Waals surface area contributed by atoms with E-state index in [4.69, 9.17) is 4.74 Å². The third-order valence-corrected chi connectivity index (χ3v) is 2.71. The van der Waals surface area contributed by atoms with Crippen LogP contribution in [0.2, 0.25) is 0 Å². The molecule has 8 heteroatoms. The number of anilines is 1. The van der Waals surface area contributed by atoms with Crippen LogP contribution >= 0.6 is 15.9 Å². The quantitative estimate of drug-likeness (QED) is 0.786. The molecule has 1 aromatic rings. The van der Waals surface area contributed by atoms with Gasteiger partial charge in [-0.2, -0.15) is 0 Å². The predicted octanol–water partition coefficient (Wildman–Crippen LogP) is 3.16. The maximum atomic E-state index is 12.3. The van der Waals surface area contributed by atoms with Crippen molar-refractivity contribution in [1.82, 2.24) is 0 Å². The Hall–Kier alpha value is -0.990. The van der Waals surface area contributed by atoms with Gasteiger partial charge in [-0.25, -0.2) is 0 Å². The van der Waals surface area contributed by atoms with Gasteiger partial charge in [-0.3, -0.25) is 0 Å². The summed E-state index contributed by atoms with van der Waals surface area (Å²) in [6.07, 6.45) is -5.60. The van der Waals surface area contributed by atoms with Crippen LogP contribution < -0.4 is 10.1 Å². The fourth-order valence-corrected chi connectivity index (χ4v) is 1.73. The minimum Gasteiger partial charge on any atom is -0.404 e. The van der Waals surface area contributed by atoms with Gasteiger partial charge < -0.3 is 19.9 Å². The molecule has 0 amide bonds. The number of ether oxygens (including phenoxy) is 2. The van der Waals surface area contributed by atoms with Crippen molar-refractivity contribution >= 4 is 21.6 Å². The van der Waals surface area contributed by atoms with Crippen LogP contribution in [-0.4, -0.2) is 37.3 Å². The third-order valence-electron chi connectivity index (χ3n) is 2.21. The lowest BCUT2D eigenvalue weighted by molar-refractivity contribution is -0.274. The Bertz CT molecular complexity index is 429. The van der Waals surface area contributed by atoms with E-state index < -0.39 is 12.5 Å². The van der Waals surface area contributed by atoms with Crippen molar-refractivity contribution in [2.24, 2.45) is 0 Å². The number of alkyl halides is 3. The van der Waals surface area contributed by atoms with Crippen LogP contribution in [-0.2, 0) is 4.74 Å². The molecule has 0 aliphatic carbocycles. The van der Waals surface area contributed by atoms with Gasteiger partial charge in [-0.1, -0.05) is 15.9 Å². The fraction of sp³-hybridized carbons (Fsp3) is 0.500. The lowest BCUT2D eigenvalue weighted by Crippen LogP contribution is -2.25. The molecule has 0 bridgehead atoms. The van der Waals surface area contributed by atoms with Gasteiger partial charge in [0.25, 0.3) is 0 Å². The zero-order valence-corrected chi connectivity index (χ0v) is 12.3. The molecule has 2 N–H and O–H groups in total. The van der Waals surface area contributed by atoms with Gasteiger partial charge >= 0.3 is 6.36 Å². The zero-order valence-electron chi connectivity index (χ0n) is 10.7. The Kier molecular flexibility index (Phi) is 6.57. The first kappa shape index (κ1) is 17.1. The van der Waals surface area contributed by atoms with E-state index in [1.54, 1.807) is 13.0 Å². The van der Waals surface area contributed by atoms with E-state index >= 15 is 0 Å². The maximum Gasteiger partial charge on any atom is 0.573 e. The molecule has 114 valence electrons. The Morgan fingerprint density at radius 2 is 2.10 bits per heavy atom. The highest BCUT2D eigenvalue weighted by molar-refractivity contribution is 9.10. The average Bonchev–Trinajstić information content (AvgIpc) is 2.33. The van der Waals surface area contributed by atoms with Crippen LogP contribution in [0, 0.1) is 0 Å². The van der Waals surface area contributed by atoms with Crippen molar-refractivity contribution in [1.29, 1.82) is 0 Å². The van der Waals surface area contributed by atoms with Crippen LogP contribution in [0.5, 0.6) is 5.75 Å². The SMILES string of the molecule is CCOCC(O)CNc1ccc(Br)cc1OC(F)(F)F. The maximum absolute atomic E-state index is 12.3. The minimum atomic E-state index is -4.78. The van der Waals surface area contributed by atoms with Crippen LogP contribution in [0.25, 0.3) is 0 Å². The largest absolute Gasteiger partial charge is 0.573 e. The second-order valence-corrected chi connectivity index (χ2v) is 4.80. The molecule has 0 fully saturated rings. The third kappa shape index (κ3) is 6.44. The molecular weight excluding hydrogens is 343 g/mol. The van der Waals surface area contributed by atoms with Gasteiger partial charge in [0.1, 0.15) is 0 Å². The molecule has 0 aliphatic rings. The van der Waals surface area contributed by atoms with Crippen molar-refractivity contribution in [3.63, 3.8) is 0 Å². The highest BCUT2D eigenvalue weighted by Gasteiger charge is 2.32. The van der Waals surface area contributed by atoms with Gasteiger partial charge in [0.05, 0.1) is 18.4 Å². The number of hydrogen-bond donors (Lipinski definition) is 2. The van der Waals surface area contributed by atoms with Gasteiger partial charge in [0.2, 0.25) is 0 Å². The number of rotatable bonds is 7. The molecular formula is C12H15BrF3NO3. The number of aliphatic hydroxyl groups is 1. The molecule has 0 heterocycles. The summed E-state index contributed by atoms with van der Waals surface area (Å²) >= 11 is 3.07.